The molecule has 0 radical (unpaired) electrons. The average molecular weight is 428 g/mol. The number of sulfonamides is 1. The predicted octanol–water partition coefficient (Wildman–Crippen LogP) is 2.34. The second-order valence-corrected chi connectivity index (χ2v) is 8.89. The highest BCUT2D eigenvalue weighted by atomic mass is 35.5. The number of hydrogen-bond acceptors (Lipinski definition) is 4. The monoisotopic (exact) mass is 427 g/mol. The zero-order valence-electron chi connectivity index (χ0n) is 14.9. The molecular formula is C16H21ClF3N3O3S. The van der Waals surface area contributed by atoms with E-state index in [0.29, 0.717) is 23.2 Å². The summed E-state index contributed by atoms with van der Waals surface area (Å²) >= 11 is 5.93. The van der Waals surface area contributed by atoms with Crippen LogP contribution in [0.5, 0.6) is 0 Å². The SMILES string of the molecule is CN1CCC(NC(=O)CN(c2cc(C(F)(F)F)ccc2Cl)S(C)(=O)=O)CC1. The van der Waals surface area contributed by atoms with Crippen LogP contribution in [0.2, 0.25) is 5.02 Å². The summed E-state index contributed by atoms with van der Waals surface area (Å²) in [7, 11) is -2.08. The number of hydrogen-bond donors (Lipinski definition) is 1. The molecule has 0 saturated carbocycles. The van der Waals surface area contributed by atoms with E-state index in [2.05, 4.69) is 10.2 Å². The van der Waals surface area contributed by atoms with Gasteiger partial charge in [0.1, 0.15) is 6.54 Å². The maximum atomic E-state index is 13.0. The molecule has 0 bridgehead atoms. The molecule has 1 fully saturated rings. The highest BCUT2D eigenvalue weighted by Gasteiger charge is 2.33. The number of carbonyl (C=O) groups excluding carboxylic acids is 1. The number of carbonyl (C=O) groups is 1. The van der Waals surface area contributed by atoms with Crippen LogP contribution < -0.4 is 9.62 Å². The van der Waals surface area contributed by atoms with Gasteiger partial charge in [0.2, 0.25) is 15.9 Å². The standard InChI is InChI=1S/C16H21ClF3N3O3S/c1-22-7-5-12(6-8-22)21-15(24)10-23(27(2,25)26)14-9-11(16(18,19)20)3-4-13(14)17/h3-4,9,12H,5-8,10H2,1-2H3,(H,21,24). The number of likely N-dealkylation sites (tertiary alicyclic amines) is 1. The Kier molecular flexibility index (Phi) is 6.64. The van der Waals surface area contributed by atoms with E-state index in [1.54, 1.807) is 0 Å². The molecule has 6 nitrogen and oxygen atoms in total. The Morgan fingerprint density at radius 1 is 1.33 bits per heavy atom. The minimum atomic E-state index is -4.67. The quantitative estimate of drug-likeness (QED) is 0.783. The fourth-order valence-corrected chi connectivity index (χ4v) is 3.95. The lowest BCUT2D eigenvalue weighted by Crippen LogP contribution is -2.47. The molecule has 0 atom stereocenters. The molecule has 0 aliphatic carbocycles. The number of benzene rings is 1. The molecule has 11 heteroatoms. The molecule has 0 aromatic heterocycles. The van der Waals surface area contributed by atoms with E-state index in [4.69, 9.17) is 11.6 Å². The highest BCUT2D eigenvalue weighted by Crippen LogP contribution is 2.36. The van der Waals surface area contributed by atoms with Gasteiger partial charge in [0.25, 0.3) is 0 Å². The van der Waals surface area contributed by atoms with Gasteiger partial charge < -0.3 is 10.2 Å². The van der Waals surface area contributed by atoms with Crippen molar-refractivity contribution in [2.24, 2.45) is 0 Å². The van der Waals surface area contributed by atoms with Crippen LogP contribution in [0.1, 0.15) is 18.4 Å². The number of rotatable bonds is 5. The van der Waals surface area contributed by atoms with Crippen LogP contribution in [0.25, 0.3) is 0 Å². The van der Waals surface area contributed by atoms with E-state index >= 15 is 0 Å². The van der Waals surface area contributed by atoms with Gasteiger partial charge in [0.05, 0.1) is 22.5 Å². The molecule has 1 aromatic carbocycles. The van der Waals surface area contributed by atoms with Crippen molar-refractivity contribution in [2.45, 2.75) is 25.1 Å². The third-order valence-electron chi connectivity index (χ3n) is 4.31. The summed E-state index contributed by atoms with van der Waals surface area (Å²) in [5, 5.41) is 2.55. The fourth-order valence-electron chi connectivity index (χ4n) is 2.82. The summed E-state index contributed by atoms with van der Waals surface area (Å²) in [6.45, 7) is 0.937. The molecule has 1 heterocycles. The van der Waals surface area contributed by atoms with E-state index < -0.39 is 34.2 Å². The van der Waals surface area contributed by atoms with E-state index in [1.807, 2.05) is 7.05 Å². The van der Waals surface area contributed by atoms with Crippen molar-refractivity contribution in [3.8, 4) is 0 Å². The van der Waals surface area contributed by atoms with Crippen molar-refractivity contribution in [3.63, 3.8) is 0 Å². The van der Waals surface area contributed by atoms with Gasteiger partial charge in [-0.3, -0.25) is 9.10 Å². The topological polar surface area (TPSA) is 69.7 Å². The van der Waals surface area contributed by atoms with Crippen LogP contribution in [0.3, 0.4) is 0 Å². The molecule has 1 N–H and O–H groups in total. The lowest BCUT2D eigenvalue weighted by molar-refractivity contribution is -0.137. The molecule has 152 valence electrons. The van der Waals surface area contributed by atoms with Crippen molar-refractivity contribution in [3.05, 3.63) is 28.8 Å². The Labute approximate surface area is 161 Å². The molecule has 0 spiro atoms. The van der Waals surface area contributed by atoms with Crippen LogP contribution in [-0.4, -0.2) is 58.2 Å². The van der Waals surface area contributed by atoms with E-state index in [-0.39, 0.29) is 16.8 Å². The third kappa shape index (κ3) is 5.98. The molecule has 0 unspecified atom stereocenters. The first-order valence-corrected chi connectivity index (χ1v) is 10.4. The summed E-state index contributed by atoms with van der Waals surface area (Å²) in [4.78, 5) is 14.4. The Hall–Kier alpha value is -1.52. The summed E-state index contributed by atoms with van der Waals surface area (Å²) in [5.41, 5.74) is -1.43. The first-order valence-electron chi connectivity index (χ1n) is 8.20. The van der Waals surface area contributed by atoms with E-state index in [1.165, 1.54) is 0 Å². The number of anilines is 1. The van der Waals surface area contributed by atoms with Gasteiger partial charge in [0, 0.05) is 6.04 Å². The van der Waals surface area contributed by atoms with Crippen LogP contribution in [0.15, 0.2) is 18.2 Å². The van der Waals surface area contributed by atoms with Crippen molar-refractivity contribution in [2.75, 3.05) is 37.2 Å². The normalized spacial score (nSPS) is 17.0. The van der Waals surface area contributed by atoms with Gasteiger partial charge in [-0.25, -0.2) is 8.42 Å². The summed E-state index contributed by atoms with van der Waals surface area (Å²) in [5.74, 6) is -0.594. The minimum Gasteiger partial charge on any atom is -0.352 e. The van der Waals surface area contributed by atoms with Crippen LogP contribution in [0.4, 0.5) is 18.9 Å². The van der Waals surface area contributed by atoms with Crippen LogP contribution in [-0.2, 0) is 21.0 Å². The van der Waals surface area contributed by atoms with Gasteiger partial charge in [0.15, 0.2) is 0 Å². The van der Waals surface area contributed by atoms with E-state index in [9.17, 15) is 26.4 Å². The third-order valence-corrected chi connectivity index (χ3v) is 5.76. The van der Waals surface area contributed by atoms with Crippen LogP contribution in [0, 0.1) is 0 Å². The van der Waals surface area contributed by atoms with Gasteiger partial charge in [-0.05, 0) is 51.2 Å². The number of amides is 1. The average Bonchev–Trinajstić information content (AvgIpc) is 2.53. The molecule has 1 aliphatic rings. The van der Waals surface area contributed by atoms with Gasteiger partial charge in [-0.1, -0.05) is 11.6 Å². The predicted molar refractivity (Wildman–Crippen MR) is 97.3 cm³/mol. The van der Waals surface area contributed by atoms with Crippen molar-refractivity contribution in [1.29, 1.82) is 0 Å². The lowest BCUT2D eigenvalue weighted by atomic mass is 10.1. The zero-order valence-corrected chi connectivity index (χ0v) is 16.5. The summed E-state index contributed by atoms with van der Waals surface area (Å²) < 4.78 is 63.7. The molecular weight excluding hydrogens is 407 g/mol. The first-order chi connectivity index (χ1) is 12.4. The number of piperidine rings is 1. The van der Waals surface area contributed by atoms with Crippen molar-refractivity contribution in [1.82, 2.24) is 10.2 Å². The summed E-state index contributed by atoms with van der Waals surface area (Å²) in [6.07, 6.45) is -2.43. The van der Waals surface area contributed by atoms with E-state index in [0.717, 1.165) is 31.5 Å². The molecule has 1 saturated heterocycles. The Bertz CT molecular complexity index is 794. The zero-order chi connectivity index (χ0) is 20.4. The second kappa shape index (κ2) is 8.24. The molecule has 1 amide bonds. The first kappa shape index (κ1) is 21.8. The number of nitrogens with one attached hydrogen (secondary N) is 1. The molecule has 27 heavy (non-hydrogen) atoms. The molecule has 2 rings (SSSR count). The Balaban J connectivity index is 2.23. The smallest absolute Gasteiger partial charge is 0.352 e. The Morgan fingerprint density at radius 3 is 2.44 bits per heavy atom. The van der Waals surface area contributed by atoms with Crippen molar-refractivity contribution >= 4 is 33.2 Å². The number of nitrogens with zero attached hydrogens (tertiary/aromatic N) is 2. The number of halogens is 4. The van der Waals surface area contributed by atoms with Gasteiger partial charge in [-0.15, -0.1) is 0 Å². The molecule has 1 aliphatic heterocycles. The number of alkyl halides is 3. The minimum absolute atomic E-state index is 0.105. The van der Waals surface area contributed by atoms with Crippen LogP contribution >= 0.6 is 11.6 Å². The fraction of sp³-hybridized carbons (Fsp3) is 0.562. The second-order valence-electron chi connectivity index (χ2n) is 6.58. The largest absolute Gasteiger partial charge is 0.416 e. The van der Waals surface area contributed by atoms with Crippen molar-refractivity contribution < 1.29 is 26.4 Å². The van der Waals surface area contributed by atoms with Gasteiger partial charge in [-0.2, -0.15) is 13.2 Å². The summed E-state index contributed by atoms with van der Waals surface area (Å²) in [6, 6.07) is 2.25. The lowest BCUT2D eigenvalue weighted by Gasteiger charge is -2.30. The molecule has 1 aromatic rings. The highest BCUT2D eigenvalue weighted by molar-refractivity contribution is 7.92. The van der Waals surface area contributed by atoms with Gasteiger partial charge >= 0.3 is 6.18 Å². The maximum absolute atomic E-state index is 13.0. The maximum Gasteiger partial charge on any atom is 0.416 e. The Morgan fingerprint density at radius 2 is 1.93 bits per heavy atom.